The highest BCUT2D eigenvalue weighted by molar-refractivity contribution is 6.04. The highest BCUT2D eigenvalue weighted by atomic mass is 16.1. The molecule has 1 aromatic carbocycles. The molecule has 3 rings (SSSR count). The predicted molar refractivity (Wildman–Crippen MR) is 83.7 cm³/mol. The van der Waals surface area contributed by atoms with Crippen molar-refractivity contribution in [2.24, 2.45) is 5.73 Å². The first-order chi connectivity index (χ1) is 10.1. The third kappa shape index (κ3) is 2.35. The third-order valence-electron chi connectivity index (χ3n) is 3.88. The Bertz CT molecular complexity index is 670. The van der Waals surface area contributed by atoms with Gasteiger partial charge in [-0.05, 0) is 26.0 Å². The van der Waals surface area contributed by atoms with Gasteiger partial charge in [0.05, 0.1) is 11.1 Å². The number of piperazine rings is 1. The highest BCUT2D eigenvalue weighted by Crippen LogP contribution is 2.29. The number of imidazole rings is 1. The van der Waals surface area contributed by atoms with Crippen LogP contribution in [0.25, 0.3) is 11.0 Å². The second-order valence-corrected chi connectivity index (χ2v) is 5.65. The number of para-hydroxylation sites is 1. The minimum atomic E-state index is -0.430. The largest absolute Gasteiger partial charge is 0.366 e. The number of hydrogen-bond acceptors (Lipinski definition) is 4. The summed E-state index contributed by atoms with van der Waals surface area (Å²) in [4.78, 5) is 18.6. The molecule has 6 nitrogen and oxygen atoms in total. The van der Waals surface area contributed by atoms with E-state index in [-0.39, 0.29) is 6.04 Å². The molecule has 0 bridgehead atoms. The Morgan fingerprint density at radius 1 is 1.33 bits per heavy atom. The van der Waals surface area contributed by atoms with Gasteiger partial charge in [-0.15, -0.1) is 0 Å². The summed E-state index contributed by atoms with van der Waals surface area (Å²) in [6.07, 6.45) is 0. The number of primary amides is 1. The van der Waals surface area contributed by atoms with Gasteiger partial charge in [-0.3, -0.25) is 4.79 Å². The van der Waals surface area contributed by atoms with Gasteiger partial charge in [0.15, 0.2) is 0 Å². The van der Waals surface area contributed by atoms with E-state index in [4.69, 9.17) is 10.7 Å². The van der Waals surface area contributed by atoms with Gasteiger partial charge >= 0.3 is 0 Å². The van der Waals surface area contributed by atoms with Crippen LogP contribution in [0, 0.1) is 0 Å². The lowest BCUT2D eigenvalue weighted by Gasteiger charge is -2.29. The van der Waals surface area contributed by atoms with Crippen molar-refractivity contribution < 1.29 is 4.79 Å². The zero-order valence-corrected chi connectivity index (χ0v) is 12.5. The predicted octanol–water partition coefficient (Wildman–Crippen LogP) is 1.13. The minimum Gasteiger partial charge on any atom is -0.366 e. The van der Waals surface area contributed by atoms with Crippen molar-refractivity contribution in [1.82, 2.24) is 14.9 Å². The van der Waals surface area contributed by atoms with Crippen LogP contribution in [0.15, 0.2) is 18.2 Å². The van der Waals surface area contributed by atoms with Crippen molar-refractivity contribution in [3.63, 3.8) is 0 Å². The van der Waals surface area contributed by atoms with Gasteiger partial charge in [0, 0.05) is 32.2 Å². The molecule has 3 N–H and O–H groups in total. The summed E-state index contributed by atoms with van der Waals surface area (Å²) in [5.74, 6) is 0.496. The number of amides is 1. The molecule has 0 atom stereocenters. The summed E-state index contributed by atoms with van der Waals surface area (Å²) in [5.41, 5.74) is 7.64. The molecule has 1 aliphatic heterocycles. The van der Waals surface area contributed by atoms with Gasteiger partial charge in [0.2, 0.25) is 5.95 Å². The summed E-state index contributed by atoms with van der Waals surface area (Å²) in [6.45, 7) is 7.99. The van der Waals surface area contributed by atoms with E-state index in [0.717, 1.165) is 37.6 Å². The number of nitrogens with zero attached hydrogens (tertiary/aromatic N) is 3. The zero-order valence-electron chi connectivity index (χ0n) is 12.5. The number of aromatic nitrogens is 2. The fraction of sp³-hybridized carbons (Fsp3) is 0.467. The number of nitrogens with one attached hydrogen (secondary N) is 1. The fourth-order valence-electron chi connectivity index (χ4n) is 2.90. The SMILES string of the molecule is CC(C)n1c(N2CCNCC2)nc2c(C(N)=O)cccc21. The smallest absolute Gasteiger partial charge is 0.250 e. The second-order valence-electron chi connectivity index (χ2n) is 5.65. The van der Waals surface area contributed by atoms with Crippen molar-refractivity contribution in [2.45, 2.75) is 19.9 Å². The summed E-state index contributed by atoms with van der Waals surface area (Å²) in [7, 11) is 0. The molecule has 6 heteroatoms. The molecule has 1 amide bonds. The Kier molecular flexibility index (Phi) is 3.55. The van der Waals surface area contributed by atoms with E-state index in [1.807, 2.05) is 12.1 Å². The minimum absolute atomic E-state index is 0.267. The number of fused-ring (bicyclic) bond motifs is 1. The van der Waals surface area contributed by atoms with Gasteiger partial charge in [-0.1, -0.05) is 6.07 Å². The summed E-state index contributed by atoms with van der Waals surface area (Å²) in [5, 5.41) is 3.34. The normalized spacial score (nSPS) is 15.9. The van der Waals surface area contributed by atoms with E-state index in [1.165, 1.54) is 0 Å². The monoisotopic (exact) mass is 287 g/mol. The van der Waals surface area contributed by atoms with E-state index in [1.54, 1.807) is 6.07 Å². The molecule has 1 aromatic heterocycles. The average molecular weight is 287 g/mol. The lowest BCUT2D eigenvalue weighted by Crippen LogP contribution is -2.44. The Morgan fingerprint density at radius 3 is 2.67 bits per heavy atom. The van der Waals surface area contributed by atoms with Gasteiger partial charge in [-0.25, -0.2) is 4.98 Å². The average Bonchev–Trinajstić information content (AvgIpc) is 2.87. The van der Waals surface area contributed by atoms with Crippen LogP contribution in [0.5, 0.6) is 0 Å². The highest BCUT2D eigenvalue weighted by Gasteiger charge is 2.22. The first kappa shape index (κ1) is 13.9. The van der Waals surface area contributed by atoms with Crippen LogP contribution < -0.4 is 16.0 Å². The Labute approximate surface area is 123 Å². The van der Waals surface area contributed by atoms with Crippen molar-refractivity contribution in [3.8, 4) is 0 Å². The Morgan fingerprint density at radius 2 is 2.05 bits per heavy atom. The molecule has 1 aliphatic rings. The third-order valence-corrected chi connectivity index (χ3v) is 3.88. The van der Waals surface area contributed by atoms with Gasteiger partial charge in [0.1, 0.15) is 5.52 Å². The summed E-state index contributed by atoms with van der Waals surface area (Å²) >= 11 is 0. The summed E-state index contributed by atoms with van der Waals surface area (Å²) < 4.78 is 2.19. The number of rotatable bonds is 3. The van der Waals surface area contributed by atoms with E-state index >= 15 is 0 Å². The maximum absolute atomic E-state index is 11.6. The molecular weight excluding hydrogens is 266 g/mol. The fourth-order valence-corrected chi connectivity index (χ4v) is 2.90. The molecule has 0 aliphatic carbocycles. The Balaban J connectivity index is 2.21. The van der Waals surface area contributed by atoms with Crippen molar-refractivity contribution in [3.05, 3.63) is 23.8 Å². The lowest BCUT2D eigenvalue weighted by atomic mass is 10.1. The van der Waals surface area contributed by atoms with Crippen molar-refractivity contribution in [2.75, 3.05) is 31.1 Å². The van der Waals surface area contributed by atoms with E-state index in [2.05, 4.69) is 28.6 Å². The molecule has 1 fully saturated rings. The number of anilines is 1. The second kappa shape index (κ2) is 5.37. The number of carbonyl (C=O) groups excluding carboxylic acids is 1. The molecule has 0 unspecified atom stereocenters. The van der Waals surface area contributed by atoms with Crippen LogP contribution in [0.1, 0.15) is 30.2 Å². The molecule has 112 valence electrons. The maximum Gasteiger partial charge on any atom is 0.250 e. The van der Waals surface area contributed by atoms with Crippen molar-refractivity contribution in [1.29, 1.82) is 0 Å². The van der Waals surface area contributed by atoms with Gasteiger partial charge in [0.25, 0.3) is 5.91 Å². The number of nitrogens with two attached hydrogens (primary N) is 1. The van der Waals surface area contributed by atoms with Gasteiger partial charge < -0.3 is 20.5 Å². The van der Waals surface area contributed by atoms with Gasteiger partial charge in [-0.2, -0.15) is 0 Å². The first-order valence-electron chi connectivity index (χ1n) is 7.36. The van der Waals surface area contributed by atoms with Crippen LogP contribution in [0.3, 0.4) is 0 Å². The van der Waals surface area contributed by atoms with E-state index in [0.29, 0.717) is 11.1 Å². The van der Waals surface area contributed by atoms with Crippen LogP contribution >= 0.6 is 0 Å². The number of carbonyl (C=O) groups is 1. The van der Waals surface area contributed by atoms with Crippen LogP contribution in [0.4, 0.5) is 5.95 Å². The molecule has 0 radical (unpaired) electrons. The molecule has 2 aromatic rings. The number of benzene rings is 1. The van der Waals surface area contributed by atoms with E-state index < -0.39 is 5.91 Å². The topological polar surface area (TPSA) is 76.2 Å². The quantitative estimate of drug-likeness (QED) is 0.887. The standard InChI is InChI=1S/C15H21N5O/c1-10(2)20-12-5-3-4-11(14(16)21)13(12)18-15(20)19-8-6-17-7-9-19/h3-5,10,17H,6-9H2,1-2H3,(H2,16,21). The van der Waals surface area contributed by atoms with Crippen LogP contribution in [0.2, 0.25) is 0 Å². The summed E-state index contributed by atoms with van der Waals surface area (Å²) in [6, 6.07) is 5.87. The maximum atomic E-state index is 11.6. The molecule has 1 saturated heterocycles. The van der Waals surface area contributed by atoms with Crippen molar-refractivity contribution >= 4 is 22.9 Å². The first-order valence-corrected chi connectivity index (χ1v) is 7.36. The van der Waals surface area contributed by atoms with E-state index in [9.17, 15) is 4.79 Å². The lowest BCUT2D eigenvalue weighted by molar-refractivity contribution is 0.100. The van der Waals surface area contributed by atoms with Crippen LogP contribution in [-0.2, 0) is 0 Å². The zero-order chi connectivity index (χ0) is 15.0. The van der Waals surface area contributed by atoms with Crippen LogP contribution in [-0.4, -0.2) is 41.6 Å². The number of hydrogen-bond donors (Lipinski definition) is 2. The molecule has 0 spiro atoms. The molecule has 21 heavy (non-hydrogen) atoms. The molecule has 2 heterocycles. The molecule has 0 saturated carbocycles. The Hall–Kier alpha value is -2.08. The molecular formula is C15H21N5O.